The first kappa shape index (κ1) is 11.5. The Morgan fingerprint density at radius 1 is 1.57 bits per heavy atom. The predicted molar refractivity (Wildman–Crippen MR) is 58.0 cm³/mol. The SMILES string of the molecule is CCCC1CC1NC(=O)C(C)CNC. The van der Waals surface area contributed by atoms with Crippen LogP contribution in [0, 0.1) is 11.8 Å². The highest BCUT2D eigenvalue weighted by atomic mass is 16.2. The third-order valence-corrected chi connectivity index (χ3v) is 2.87. The number of carbonyl (C=O) groups is 1. The van der Waals surface area contributed by atoms with E-state index in [2.05, 4.69) is 17.6 Å². The van der Waals surface area contributed by atoms with Crippen LogP contribution in [-0.4, -0.2) is 25.5 Å². The zero-order valence-corrected chi connectivity index (χ0v) is 9.47. The van der Waals surface area contributed by atoms with Gasteiger partial charge < -0.3 is 10.6 Å². The van der Waals surface area contributed by atoms with Gasteiger partial charge in [0, 0.05) is 18.5 Å². The molecule has 0 radical (unpaired) electrons. The smallest absolute Gasteiger partial charge is 0.224 e. The molecule has 0 aromatic carbocycles. The number of hydrogen-bond donors (Lipinski definition) is 2. The van der Waals surface area contributed by atoms with Crippen molar-refractivity contribution in [3.63, 3.8) is 0 Å². The average molecular weight is 198 g/mol. The third-order valence-electron chi connectivity index (χ3n) is 2.87. The van der Waals surface area contributed by atoms with Gasteiger partial charge in [-0.2, -0.15) is 0 Å². The Balaban J connectivity index is 2.16. The van der Waals surface area contributed by atoms with Crippen LogP contribution in [0.15, 0.2) is 0 Å². The molecular formula is C11H22N2O. The van der Waals surface area contributed by atoms with E-state index in [1.165, 1.54) is 19.3 Å². The maximum absolute atomic E-state index is 11.6. The minimum atomic E-state index is 0.0860. The second-order valence-electron chi connectivity index (χ2n) is 4.36. The lowest BCUT2D eigenvalue weighted by Gasteiger charge is -2.11. The molecule has 1 fully saturated rings. The normalized spacial score (nSPS) is 27.1. The second kappa shape index (κ2) is 5.35. The molecule has 1 rings (SSSR count). The average Bonchev–Trinajstić information content (AvgIpc) is 2.84. The number of amides is 1. The van der Waals surface area contributed by atoms with E-state index in [1.54, 1.807) is 0 Å². The molecule has 0 aromatic heterocycles. The summed E-state index contributed by atoms with van der Waals surface area (Å²) in [6.07, 6.45) is 3.67. The lowest BCUT2D eigenvalue weighted by molar-refractivity contribution is -0.124. The maximum atomic E-state index is 11.6. The van der Waals surface area contributed by atoms with E-state index in [-0.39, 0.29) is 11.8 Å². The molecular weight excluding hydrogens is 176 g/mol. The van der Waals surface area contributed by atoms with Crippen molar-refractivity contribution in [1.82, 2.24) is 10.6 Å². The molecule has 3 heteroatoms. The van der Waals surface area contributed by atoms with Gasteiger partial charge in [0.2, 0.25) is 5.91 Å². The van der Waals surface area contributed by atoms with Crippen molar-refractivity contribution in [2.75, 3.05) is 13.6 Å². The summed E-state index contributed by atoms with van der Waals surface area (Å²) in [5.41, 5.74) is 0. The Kier molecular flexibility index (Phi) is 4.39. The molecule has 3 atom stereocenters. The molecule has 0 aliphatic heterocycles. The van der Waals surface area contributed by atoms with Crippen molar-refractivity contribution >= 4 is 5.91 Å². The molecule has 14 heavy (non-hydrogen) atoms. The van der Waals surface area contributed by atoms with Gasteiger partial charge in [-0.05, 0) is 25.8 Å². The zero-order chi connectivity index (χ0) is 10.6. The number of hydrogen-bond acceptors (Lipinski definition) is 2. The Hall–Kier alpha value is -0.570. The topological polar surface area (TPSA) is 41.1 Å². The Labute approximate surface area is 86.6 Å². The summed E-state index contributed by atoms with van der Waals surface area (Å²) >= 11 is 0. The van der Waals surface area contributed by atoms with E-state index in [0.717, 1.165) is 12.5 Å². The first-order valence-electron chi connectivity index (χ1n) is 5.64. The summed E-state index contributed by atoms with van der Waals surface area (Å²) in [6, 6.07) is 0.474. The van der Waals surface area contributed by atoms with E-state index in [0.29, 0.717) is 6.04 Å². The standard InChI is InChI=1S/C11H22N2O/c1-4-5-9-6-10(9)13-11(14)8(2)7-12-3/h8-10,12H,4-7H2,1-3H3,(H,13,14). The third kappa shape index (κ3) is 3.29. The van der Waals surface area contributed by atoms with Gasteiger partial charge in [0.05, 0.1) is 0 Å². The fourth-order valence-corrected chi connectivity index (χ4v) is 1.84. The summed E-state index contributed by atoms with van der Waals surface area (Å²) in [4.78, 5) is 11.6. The van der Waals surface area contributed by atoms with Gasteiger partial charge in [-0.3, -0.25) is 4.79 Å². The van der Waals surface area contributed by atoms with Crippen LogP contribution in [0.1, 0.15) is 33.1 Å². The zero-order valence-electron chi connectivity index (χ0n) is 9.47. The van der Waals surface area contributed by atoms with E-state index in [1.807, 2.05) is 14.0 Å². The van der Waals surface area contributed by atoms with Gasteiger partial charge in [0.1, 0.15) is 0 Å². The molecule has 3 nitrogen and oxygen atoms in total. The monoisotopic (exact) mass is 198 g/mol. The Morgan fingerprint density at radius 3 is 2.86 bits per heavy atom. The molecule has 2 N–H and O–H groups in total. The molecule has 0 heterocycles. The minimum Gasteiger partial charge on any atom is -0.353 e. The van der Waals surface area contributed by atoms with Crippen LogP contribution in [0.3, 0.4) is 0 Å². The van der Waals surface area contributed by atoms with E-state index in [4.69, 9.17) is 0 Å². The molecule has 0 saturated heterocycles. The van der Waals surface area contributed by atoms with E-state index < -0.39 is 0 Å². The van der Waals surface area contributed by atoms with Gasteiger partial charge >= 0.3 is 0 Å². The van der Waals surface area contributed by atoms with Crippen LogP contribution >= 0.6 is 0 Å². The lowest BCUT2D eigenvalue weighted by atomic mass is 10.1. The maximum Gasteiger partial charge on any atom is 0.224 e. The first-order chi connectivity index (χ1) is 6.69. The first-order valence-corrected chi connectivity index (χ1v) is 5.64. The number of rotatable bonds is 6. The summed E-state index contributed by atoms with van der Waals surface area (Å²) in [6.45, 7) is 4.92. The fraction of sp³-hybridized carbons (Fsp3) is 0.909. The molecule has 1 saturated carbocycles. The van der Waals surface area contributed by atoms with Crippen LogP contribution in [-0.2, 0) is 4.79 Å². The van der Waals surface area contributed by atoms with Gasteiger partial charge in [-0.1, -0.05) is 20.3 Å². The molecule has 3 unspecified atom stereocenters. The quantitative estimate of drug-likeness (QED) is 0.672. The largest absolute Gasteiger partial charge is 0.353 e. The Bertz CT molecular complexity index is 194. The lowest BCUT2D eigenvalue weighted by Crippen LogP contribution is -2.36. The van der Waals surface area contributed by atoms with Crippen molar-refractivity contribution in [2.24, 2.45) is 11.8 Å². The van der Waals surface area contributed by atoms with E-state index >= 15 is 0 Å². The summed E-state index contributed by atoms with van der Waals surface area (Å²) in [7, 11) is 1.88. The van der Waals surface area contributed by atoms with Gasteiger partial charge in [0.25, 0.3) is 0 Å². The highest BCUT2D eigenvalue weighted by molar-refractivity contribution is 5.79. The van der Waals surface area contributed by atoms with Crippen molar-refractivity contribution in [2.45, 2.75) is 39.2 Å². The fourth-order valence-electron chi connectivity index (χ4n) is 1.84. The van der Waals surface area contributed by atoms with Crippen molar-refractivity contribution in [1.29, 1.82) is 0 Å². The molecule has 0 aromatic rings. The van der Waals surface area contributed by atoms with Crippen LogP contribution in [0.25, 0.3) is 0 Å². The highest BCUT2D eigenvalue weighted by Gasteiger charge is 2.37. The molecule has 0 bridgehead atoms. The van der Waals surface area contributed by atoms with Crippen molar-refractivity contribution in [3.8, 4) is 0 Å². The van der Waals surface area contributed by atoms with Crippen LogP contribution in [0.2, 0.25) is 0 Å². The van der Waals surface area contributed by atoms with Crippen LogP contribution < -0.4 is 10.6 Å². The summed E-state index contributed by atoms with van der Waals surface area (Å²) in [5.74, 6) is 1.04. The number of carbonyl (C=O) groups excluding carboxylic acids is 1. The molecule has 1 amide bonds. The van der Waals surface area contributed by atoms with Gasteiger partial charge in [-0.15, -0.1) is 0 Å². The van der Waals surface area contributed by atoms with Crippen molar-refractivity contribution < 1.29 is 4.79 Å². The van der Waals surface area contributed by atoms with Crippen LogP contribution in [0.4, 0.5) is 0 Å². The Morgan fingerprint density at radius 2 is 2.29 bits per heavy atom. The summed E-state index contributed by atoms with van der Waals surface area (Å²) in [5, 5.41) is 6.11. The molecule has 0 spiro atoms. The highest BCUT2D eigenvalue weighted by Crippen LogP contribution is 2.34. The molecule has 1 aliphatic carbocycles. The second-order valence-corrected chi connectivity index (χ2v) is 4.36. The predicted octanol–water partition coefficient (Wildman–Crippen LogP) is 1.15. The summed E-state index contributed by atoms with van der Waals surface area (Å²) < 4.78 is 0. The van der Waals surface area contributed by atoms with E-state index in [9.17, 15) is 4.79 Å². The molecule has 1 aliphatic rings. The van der Waals surface area contributed by atoms with Gasteiger partial charge in [0.15, 0.2) is 0 Å². The minimum absolute atomic E-state index is 0.0860. The van der Waals surface area contributed by atoms with Gasteiger partial charge in [-0.25, -0.2) is 0 Å². The molecule has 82 valence electrons. The number of nitrogens with one attached hydrogen (secondary N) is 2. The van der Waals surface area contributed by atoms with Crippen LogP contribution in [0.5, 0.6) is 0 Å². The van der Waals surface area contributed by atoms with Crippen molar-refractivity contribution in [3.05, 3.63) is 0 Å².